The van der Waals surface area contributed by atoms with Crippen LogP contribution in [-0.2, 0) is 4.74 Å². The van der Waals surface area contributed by atoms with E-state index in [4.69, 9.17) is 4.74 Å². The molecule has 22 heavy (non-hydrogen) atoms. The van der Waals surface area contributed by atoms with Gasteiger partial charge in [0.1, 0.15) is 11.4 Å². The number of benzene rings is 1. The number of carbonyl (C=O) groups is 1. The second-order valence-electron chi connectivity index (χ2n) is 4.65. The maximum atomic E-state index is 13.8. The highest BCUT2D eigenvalue weighted by molar-refractivity contribution is 5.94. The van der Waals surface area contributed by atoms with Crippen LogP contribution in [0.1, 0.15) is 17.3 Å². The van der Waals surface area contributed by atoms with E-state index in [9.17, 15) is 13.6 Å². The third kappa shape index (κ3) is 3.03. The number of halogens is 2. The molecule has 2 aromatic rings. The highest BCUT2D eigenvalue weighted by Crippen LogP contribution is 2.25. The van der Waals surface area contributed by atoms with Crippen molar-refractivity contribution >= 4 is 11.8 Å². The molecule has 116 valence electrons. The molecule has 0 aliphatic heterocycles. The largest absolute Gasteiger partial charge is 0.462 e. The Bertz CT molecular complexity index is 705. The molecule has 0 saturated carbocycles. The molecule has 0 saturated heterocycles. The Kier molecular flexibility index (Phi) is 4.65. The van der Waals surface area contributed by atoms with Crippen LogP contribution < -0.4 is 4.90 Å². The zero-order chi connectivity index (χ0) is 16.3. The molecule has 0 amide bonds. The third-order valence-corrected chi connectivity index (χ3v) is 2.88. The van der Waals surface area contributed by atoms with E-state index in [1.54, 1.807) is 25.9 Å². The molecule has 0 bridgehead atoms. The first kappa shape index (κ1) is 15.8. The number of carbonyl (C=O) groups excluding carboxylic acids is 1. The summed E-state index contributed by atoms with van der Waals surface area (Å²) in [5.74, 6) is -2.32. The van der Waals surface area contributed by atoms with Crippen molar-refractivity contribution in [1.82, 2.24) is 9.97 Å². The quantitative estimate of drug-likeness (QED) is 0.813. The predicted molar refractivity (Wildman–Crippen MR) is 77.7 cm³/mol. The molecule has 1 heterocycles. The summed E-state index contributed by atoms with van der Waals surface area (Å²) in [4.78, 5) is 21.6. The minimum atomic E-state index is -1.03. The van der Waals surface area contributed by atoms with Crippen LogP contribution in [0.4, 0.5) is 14.6 Å². The van der Waals surface area contributed by atoms with Crippen molar-refractivity contribution in [3.63, 3.8) is 0 Å². The normalized spacial score (nSPS) is 10.4. The molecule has 7 heteroatoms. The van der Waals surface area contributed by atoms with Crippen LogP contribution in [0.15, 0.2) is 24.4 Å². The molecule has 0 spiro atoms. The second kappa shape index (κ2) is 6.46. The lowest BCUT2D eigenvalue weighted by Gasteiger charge is -2.16. The zero-order valence-corrected chi connectivity index (χ0v) is 12.4. The molecular formula is C15H15F2N3O2. The van der Waals surface area contributed by atoms with Gasteiger partial charge in [-0.25, -0.2) is 23.5 Å². The molecular weight excluding hydrogens is 292 g/mol. The Labute approximate surface area is 126 Å². The lowest BCUT2D eigenvalue weighted by molar-refractivity contribution is 0.0526. The molecule has 0 atom stereocenters. The Morgan fingerprint density at radius 3 is 2.68 bits per heavy atom. The Hall–Kier alpha value is -2.57. The van der Waals surface area contributed by atoms with Gasteiger partial charge < -0.3 is 9.64 Å². The number of nitrogens with zero attached hydrogens (tertiary/aromatic N) is 3. The number of hydrogen-bond acceptors (Lipinski definition) is 5. The molecule has 0 aliphatic rings. The van der Waals surface area contributed by atoms with Crippen molar-refractivity contribution in [3.05, 3.63) is 41.6 Å². The summed E-state index contributed by atoms with van der Waals surface area (Å²) in [6, 6.07) is 3.75. The molecule has 0 radical (unpaired) electrons. The topological polar surface area (TPSA) is 55.3 Å². The van der Waals surface area contributed by atoms with Gasteiger partial charge in [-0.3, -0.25) is 0 Å². The molecule has 1 aromatic carbocycles. The summed E-state index contributed by atoms with van der Waals surface area (Å²) in [6.45, 7) is 1.90. The monoisotopic (exact) mass is 307 g/mol. The van der Waals surface area contributed by atoms with Crippen LogP contribution in [0.25, 0.3) is 11.4 Å². The highest BCUT2D eigenvalue weighted by atomic mass is 19.2. The summed E-state index contributed by atoms with van der Waals surface area (Å²) < 4.78 is 32.1. The second-order valence-corrected chi connectivity index (χ2v) is 4.65. The van der Waals surface area contributed by atoms with E-state index in [-0.39, 0.29) is 29.4 Å². The van der Waals surface area contributed by atoms with Gasteiger partial charge in [-0.2, -0.15) is 0 Å². The van der Waals surface area contributed by atoms with E-state index in [0.717, 1.165) is 6.07 Å². The van der Waals surface area contributed by atoms with Crippen LogP contribution >= 0.6 is 0 Å². The van der Waals surface area contributed by atoms with Gasteiger partial charge in [0.2, 0.25) is 0 Å². The molecule has 0 N–H and O–H groups in total. The van der Waals surface area contributed by atoms with E-state index in [1.165, 1.54) is 18.3 Å². The third-order valence-electron chi connectivity index (χ3n) is 2.88. The van der Waals surface area contributed by atoms with E-state index in [1.807, 2.05) is 0 Å². The first-order chi connectivity index (χ1) is 10.5. The first-order valence-electron chi connectivity index (χ1n) is 6.61. The van der Waals surface area contributed by atoms with Crippen LogP contribution in [0.2, 0.25) is 0 Å². The number of ether oxygens (including phenoxy) is 1. The van der Waals surface area contributed by atoms with Crippen molar-refractivity contribution in [2.45, 2.75) is 6.92 Å². The van der Waals surface area contributed by atoms with Crippen molar-refractivity contribution in [2.24, 2.45) is 0 Å². The van der Waals surface area contributed by atoms with Crippen LogP contribution in [-0.4, -0.2) is 36.6 Å². The van der Waals surface area contributed by atoms with E-state index >= 15 is 0 Å². The molecule has 0 fully saturated rings. The summed E-state index contributed by atoms with van der Waals surface area (Å²) in [6.07, 6.45) is 1.25. The van der Waals surface area contributed by atoms with Crippen molar-refractivity contribution in [3.8, 4) is 11.4 Å². The number of aromatic nitrogens is 2. The minimum Gasteiger partial charge on any atom is -0.462 e. The predicted octanol–water partition coefficient (Wildman–Crippen LogP) is 2.66. The molecule has 0 unspecified atom stereocenters. The van der Waals surface area contributed by atoms with Crippen molar-refractivity contribution in [2.75, 3.05) is 25.6 Å². The van der Waals surface area contributed by atoms with E-state index in [0.29, 0.717) is 0 Å². The van der Waals surface area contributed by atoms with Gasteiger partial charge >= 0.3 is 5.97 Å². The average molecular weight is 307 g/mol. The van der Waals surface area contributed by atoms with Gasteiger partial charge in [-0.05, 0) is 19.1 Å². The fourth-order valence-electron chi connectivity index (χ4n) is 1.87. The first-order valence-corrected chi connectivity index (χ1v) is 6.61. The lowest BCUT2D eigenvalue weighted by atomic mass is 10.2. The van der Waals surface area contributed by atoms with Crippen LogP contribution in [0.3, 0.4) is 0 Å². The number of anilines is 1. The van der Waals surface area contributed by atoms with Crippen LogP contribution in [0.5, 0.6) is 0 Å². The zero-order valence-electron chi connectivity index (χ0n) is 12.4. The van der Waals surface area contributed by atoms with Gasteiger partial charge in [0, 0.05) is 20.3 Å². The van der Waals surface area contributed by atoms with E-state index < -0.39 is 17.6 Å². The fourth-order valence-corrected chi connectivity index (χ4v) is 1.87. The number of rotatable bonds is 4. The van der Waals surface area contributed by atoms with Crippen molar-refractivity contribution in [1.29, 1.82) is 0 Å². The van der Waals surface area contributed by atoms with Gasteiger partial charge in [-0.1, -0.05) is 6.07 Å². The summed E-state index contributed by atoms with van der Waals surface area (Å²) in [5, 5.41) is 0. The maximum absolute atomic E-state index is 13.8. The van der Waals surface area contributed by atoms with Gasteiger partial charge in [0.15, 0.2) is 17.5 Å². The molecule has 0 aliphatic carbocycles. The van der Waals surface area contributed by atoms with E-state index in [2.05, 4.69) is 9.97 Å². The molecule has 1 aromatic heterocycles. The standard InChI is InChI=1S/C15H15F2N3O2/c1-4-22-15(21)10-8-18-13(19-14(10)20(2)3)9-6-5-7-11(16)12(9)17/h5-8H,4H2,1-3H3. The fraction of sp³-hybridized carbons (Fsp3) is 0.267. The lowest BCUT2D eigenvalue weighted by Crippen LogP contribution is -2.18. The smallest absolute Gasteiger partial charge is 0.343 e. The number of hydrogen-bond donors (Lipinski definition) is 0. The summed E-state index contributed by atoms with van der Waals surface area (Å²) in [5.41, 5.74) is 0.0888. The average Bonchev–Trinajstić information content (AvgIpc) is 2.49. The van der Waals surface area contributed by atoms with Gasteiger partial charge in [0.05, 0.1) is 12.2 Å². The Morgan fingerprint density at radius 2 is 2.05 bits per heavy atom. The van der Waals surface area contributed by atoms with Crippen LogP contribution in [0, 0.1) is 11.6 Å². The Morgan fingerprint density at radius 1 is 1.32 bits per heavy atom. The SMILES string of the molecule is CCOC(=O)c1cnc(-c2cccc(F)c2F)nc1N(C)C. The molecule has 2 rings (SSSR count). The minimum absolute atomic E-state index is 0.00579. The summed E-state index contributed by atoms with van der Waals surface area (Å²) >= 11 is 0. The van der Waals surface area contributed by atoms with Crippen molar-refractivity contribution < 1.29 is 18.3 Å². The Balaban J connectivity index is 2.54. The van der Waals surface area contributed by atoms with Gasteiger partial charge in [-0.15, -0.1) is 0 Å². The molecule has 5 nitrogen and oxygen atoms in total. The van der Waals surface area contributed by atoms with Gasteiger partial charge in [0.25, 0.3) is 0 Å². The summed E-state index contributed by atoms with van der Waals surface area (Å²) in [7, 11) is 3.35. The number of esters is 1. The maximum Gasteiger partial charge on any atom is 0.343 e. The highest BCUT2D eigenvalue weighted by Gasteiger charge is 2.19.